The third-order valence-electron chi connectivity index (χ3n) is 5.28. The van der Waals surface area contributed by atoms with E-state index in [1.54, 1.807) is 7.11 Å². The molecule has 3 unspecified atom stereocenters. The first-order chi connectivity index (χ1) is 12.7. The number of ether oxygens (including phenoxy) is 1. The van der Waals surface area contributed by atoms with Crippen LogP contribution in [-0.4, -0.2) is 18.2 Å². The van der Waals surface area contributed by atoms with Crippen LogP contribution in [0.3, 0.4) is 0 Å². The topological polar surface area (TPSA) is 46.5 Å². The Kier molecular flexibility index (Phi) is 4.21. The molecule has 0 fully saturated rings. The average Bonchev–Trinajstić information content (AvgIpc) is 3.04. The normalized spacial score (nSPS) is 21.2. The van der Waals surface area contributed by atoms with E-state index in [-0.39, 0.29) is 11.8 Å². The zero-order valence-electron chi connectivity index (χ0n) is 14.5. The fourth-order valence-corrected chi connectivity index (χ4v) is 4.21. The van der Waals surface area contributed by atoms with Gasteiger partial charge in [-0.15, -0.1) is 0 Å². The fourth-order valence-electron chi connectivity index (χ4n) is 4.21. The summed E-state index contributed by atoms with van der Waals surface area (Å²) in [5.41, 5.74) is 4.20. The van der Waals surface area contributed by atoms with Gasteiger partial charge in [0.15, 0.2) is 0 Å². The molecule has 0 saturated heterocycles. The van der Waals surface area contributed by atoms with Crippen LogP contribution in [0.4, 0.5) is 0 Å². The summed E-state index contributed by atoms with van der Waals surface area (Å²) in [7, 11) is 1.63. The summed E-state index contributed by atoms with van der Waals surface area (Å²) < 4.78 is 5.36. The third kappa shape index (κ3) is 2.66. The van der Waals surface area contributed by atoms with E-state index in [1.165, 1.54) is 0 Å². The first kappa shape index (κ1) is 16.4. The predicted molar refractivity (Wildman–Crippen MR) is 101 cm³/mol. The molecule has 1 aliphatic rings. The van der Waals surface area contributed by atoms with Gasteiger partial charge in [-0.1, -0.05) is 66.7 Å². The van der Waals surface area contributed by atoms with Crippen LogP contribution in [0.15, 0.2) is 78.9 Å². The van der Waals surface area contributed by atoms with E-state index in [4.69, 9.17) is 4.74 Å². The number of carboxylic acids is 1. The first-order valence-corrected chi connectivity index (χ1v) is 8.71. The second kappa shape index (κ2) is 6.68. The van der Waals surface area contributed by atoms with Gasteiger partial charge in [0.2, 0.25) is 0 Å². The molecule has 0 radical (unpaired) electrons. The highest BCUT2D eigenvalue weighted by molar-refractivity contribution is 5.77. The molecule has 3 aromatic carbocycles. The van der Waals surface area contributed by atoms with E-state index >= 15 is 0 Å². The van der Waals surface area contributed by atoms with Crippen molar-refractivity contribution >= 4 is 5.97 Å². The minimum absolute atomic E-state index is 0.166. The molecule has 0 aromatic heterocycles. The molecule has 1 aliphatic carbocycles. The smallest absolute Gasteiger partial charge is 0.308 e. The van der Waals surface area contributed by atoms with Crippen LogP contribution >= 0.6 is 0 Å². The van der Waals surface area contributed by atoms with Crippen molar-refractivity contribution in [3.8, 4) is 5.75 Å². The van der Waals surface area contributed by atoms with Gasteiger partial charge in [0, 0.05) is 11.8 Å². The van der Waals surface area contributed by atoms with Crippen LogP contribution in [0.1, 0.15) is 34.1 Å². The first-order valence-electron chi connectivity index (χ1n) is 8.71. The summed E-state index contributed by atoms with van der Waals surface area (Å²) in [4.78, 5) is 12.4. The lowest BCUT2D eigenvalue weighted by molar-refractivity contribution is -0.142. The Morgan fingerprint density at radius 3 is 2.00 bits per heavy atom. The van der Waals surface area contributed by atoms with Crippen molar-refractivity contribution in [2.75, 3.05) is 7.11 Å². The molecule has 3 nitrogen and oxygen atoms in total. The molecule has 0 bridgehead atoms. The molecular weight excluding hydrogens is 324 g/mol. The zero-order valence-corrected chi connectivity index (χ0v) is 14.5. The minimum atomic E-state index is -0.775. The number of methoxy groups -OCH3 is 1. The lowest BCUT2D eigenvalue weighted by atomic mass is 9.79. The van der Waals surface area contributed by atoms with Crippen molar-refractivity contribution in [2.45, 2.75) is 11.8 Å². The Balaban J connectivity index is 1.92. The molecule has 130 valence electrons. The number of aliphatic carboxylic acids is 1. The number of hydrogen-bond acceptors (Lipinski definition) is 2. The van der Waals surface area contributed by atoms with Crippen LogP contribution < -0.4 is 4.74 Å². The van der Waals surface area contributed by atoms with Crippen molar-refractivity contribution in [2.24, 2.45) is 5.92 Å². The van der Waals surface area contributed by atoms with Crippen molar-refractivity contribution in [3.05, 3.63) is 101 Å². The Hall–Kier alpha value is -3.07. The van der Waals surface area contributed by atoms with Gasteiger partial charge in [0.25, 0.3) is 0 Å². The van der Waals surface area contributed by atoms with Gasteiger partial charge in [-0.25, -0.2) is 0 Å². The summed E-state index contributed by atoms with van der Waals surface area (Å²) in [6.45, 7) is 0. The number of rotatable bonds is 4. The van der Waals surface area contributed by atoms with Gasteiger partial charge in [0.05, 0.1) is 13.0 Å². The van der Waals surface area contributed by atoms with E-state index in [0.29, 0.717) is 0 Å². The molecule has 0 amide bonds. The van der Waals surface area contributed by atoms with Gasteiger partial charge < -0.3 is 9.84 Å². The van der Waals surface area contributed by atoms with Crippen molar-refractivity contribution in [1.29, 1.82) is 0 Å². The summed E-state index contributed by atoms with van der Waals surface area (Å²) in [5, 5.41) is 10.1. The molecule has 3 aromatic rings. The minimum Gasteiger partial charge on any atom is -0.497 e. The molecule has 0 saturated carbocycles. The van der Waals surface area contributed by atoms with Gasteiger partial charge in [-0.2, -0.15) is 0 Å². The lowest BCUT2D eigenvalue weighted by Crippen LogP contribution is -2.23. The maximum Gasteiger partial charge on any atom is 0.308 e. The van der Waals surface area contributed by atoms with Crippen molar-refractivity contribution in [3.63, 3.8) is 0 Å². The summed E-state index contributed by atoms with van der Waals surface area (Å²) in [6.07, 6.45) is 0. The Morgan fingerprint density at radius 1 is 0.808 bits per heavy atom. The molecule has 3 heteroatoms. The standard InChI is InChI=1S/C23H20O3/c1-26-17-11-7-10-16(14-17)21-19-13-6-5-12-18(19)20(22(21)23(24)25)15-8-3-2-4-9-15/h2-14,20-22H,1H3,(H,24,25). The second-order valence-corrected chi connectivity index (χ2v) is 6.64. The van der Waals surface area contributed by atoms with Crippen LogP contribution in [0.25, 0.3) is 0 Å². The highest BCUT2D eigenvalue weighted by Gasteiger charge is 2.46. The van der Waals surface area contributed by atoms with Crippen LogP contribution in [-0.2, 0) is 4.79 Å². The Morgan fingerprint density at radius 2 is 1.38 bits per heavy atom. The van der Waals surface area contributed by atoms with Gasteiger partial charge in [-0.05, 0) is 34.4 Å². The average molecular weight is 344 g/mol. The highest BCUT2D eigenvalue weighted by Crippen LogP contribution is 2.52. The van der Waals surface area contributed by atoms with E-state index in [0.717, 1.165) is 28.0 Å². The van der Waals surface area contributed by atoms with Gasteiger partial charge in [-0.3, -0.25) is 4.79 Å². The molecule has 0 aliphatic heterocycles. The number of fused-ring (bicyclic) bond motifs is 1. The quantitative estimate of drug-likeness (QED) is 0.748. The summed E-state index contributed by atoms with van der Waals surface area (Å²) in [6, 6.07) is 25.8. The van der Waals surface area contributed by atoms with E-state index in [2.05, 4.69) is 12.1 Å². The molecule has 3 atom stereocenters. The maximum absolute atomic E-state index is 12.4. The number of carboxylic acid groups (broad SMARTS) is 1. The second-order valence-electron chi connectivity index (χ2n) is 6.64. The Bertz CT molecular complexity index is 933. The van der Waals surface area contributed by atoms with Crippen LogP contribution in [0, 0.1) is 5.92 Å². The fraction of sp³-hybridized carbons (Fsp3) is 0.174. The number of carbonyl (C=O) groups is 1. The van der Waals surface area contributed by atoms with Gasteiger partial charge >= 0.3 is 5.97 Å². The van der Waals surface area contributed by atoms with Crippen LogP contribution in [0.2, 0.25) is 0 Å². The van der Waals surface area contributed by atoms with E-state index in [1.807, 2.05) is 66.7 Å². The largest absolute Gasteiger partial charge is 0.497 e. The summed E-state index contributed by atoms with van der Waals surface area (Å²) in [5.74, 6) is -0.956. The molecule has 26 heavy (non-hydrogen) atoms. The van der Waals surface area contributed by atoms with Crippen molar-refractivity contribution in [1.82, 2.24) is 0 Å². The maximum atomic E-state index is 12.4. The molecule has 1 N–H and O–H groups in total. The van der Waals surface area contributed by atoms with E-state index < -0.39 is 11.9 Å². The third-order valence-corrected chi connectivity index (χ3v) is 5.28. The van der Waals surface area contributed by atoms with Gasteiger partial charge in [0.1, 0.15) is 5.75 Å². The predicted octanol–water partition coefficient (Wildman–Crippen LogP) is 4.67. The van der Waals surface area contributed by atoms with E-state index in [9.17, 15) is 9.90 Å². The van der Waals surface area contributed by atoms with Crippen molar-refractivity contribution < 1.29 is 14.6 Å². The Labute approximate surface area is 152 Å². The van der Waals surface area contributed by atoms with Crippen LogP contribution in [0.5, 0.6) is 5.75 Å². The SMILES string of the molecule is COc1cccc(C2c3ccccc3C(c3ccccc3)C2C(=O)O)c1. The monoisotopic (exact) mass is 344 g/mol. The molecule has 4 rings (SSSR count). The lowest BCUT2D eigenvalue weighted by Gasteiger charge is -2.23. The highest BCUT2D eigenvalue weighted by atomic mass is 16.5. The number of hydrogen-bond donors (Lipinski definition) is 1. The molecule has 0 spiro atoms. The molecular formula is C23H20O3. The number of benzene rings is 3. The zero-order chi connectivity index (χ0) is 18.1. The molecule has 0 heterocycles. The summed E-state index contributed by atoms with van der Waals surface area (Å²) >= 11 is 0.